The summed E-state index contributed by atoms with van der Waals surface area (Å²) in [6.45, 7) is 9.53. The van der Waals surface area contributed by atoms with Crippen molar-refractivity contribution in [1.29, 1.82) is 0 Å². The molecular formula is C20H27NO3. The van der Waals surface area contributed by atoms with E-state index < -0.39 is 0 Å². The Balaban J connectivity index is 1.61. The van der Waals surface area contributed by atoms with E-state index in [2.05, 4.69) is 33.8 Å². The number of fused-ring (bicyclic) bond motifs is 1. The Hall–Kier alpha value is -1.97. The molecule has 2 aliphatic rings. The number of likely N-dealkylation sites (N-methyl/N-ethyl adjacent to an activating group) is 1. The minimum atomic E-state index is -0.127. The number of rotatable bonds is 4. The zero-order valence-corrected chi connectivity index (χ0v) is 15.2. The lowest BCUT2D eigenvalue weighted by Gasteiger charge is -2.29. The third-order valence-electron chi connectivity index (χ3n) is 5.11. The Morgan fingerprint density at radius 2 is 1.96 bits per heavy atom. The highest BCUT2D eigenvalue weighted by atomic mass is 16.6. The monoisotopic (exact) mass is 329 g/mol. The molecule has 0 radical (unpaired) electrons. The number of benzene rings is 1. The molecule has 1 saturated carbocycles. The Labute approximate surface area is 144 Å². The van der Waals surface area contributed by atoms with E-state index in [1.807, 2.05) is 31.3 Å². The lowest BCUT2D eigenvalue weighted by atomic mass is 10.1. The van der Waals surface area contributed by atoms with E-state index in [9.17, 15) is 4.79 Å². The summed E-state index contributed by atoms with van der Waals surface area (Å²) in [7, 11) is 1.86. The van der Waals surface area contributed by atoms with Crippen LogP contribution in [0.4, 0.5) is 0 Å². The van der Waals surface area contributed by atoms with Crippen LogP contribution in [-0.4, -0.2) is 37.1 Å². The van der Waals surface area contributed by atoms with Crippen molar-refractivity contribution in [1.82, 2.24) is 4.90 Å². The van der Waals surface area contributed by atoms with E-state index in [1.54, 1.807) is 4.90 Å². The first-order valence-electron chi connectivity index (χ1n) is 8.59. The highest BCUT2D eigenvalue weighted by Crippen LogP contribution is 2.60. The molecule has 0 saturated heterocycles. The molecule has 1 fully saturated rings. The number of ether oxygens (including phenoxy) is 2. The maximum Gasteiger partial charge on any atom is 0.226 e. The molecule has 0 unspecified atom stereocenters. The van der Waals surface area contributed by atoms with Crippen molar-refractivity contribution in [3.05, 3.63) is 35.9 Å². The number of allylic oxidation sites excluding steroid dienone is 2. The summed E-state index contributed by atoms with van der Waals surface area (Å²) >= 11 is 0. The van der Waals surface area contributed by atoms with Crippen molar-refractivity contribution in [2.75, 3.05) is 20.2 Å². The van der Waals surface area contributed by atoms with Gasteiger partial charge in [-0.3, -0.25) is 4.79 Å². The average molecular weight is 329 g/mol. The van der Waals surface area contributed by atoms with Gasteiger partial charge in [-0.2, -0.15) is 0 Å². The van der Waals surface area contributed by atoms with Gasteiger partial charge in [0.25, 0.3) is 0 Å². The third kappa shape index (κ3) is 3.14. The molecule has 130 valence electrons. The summed E-state index contributed by atoms with van der Waals surface area (Å²) in [4.78, 5) is 14.6. The first kappa shape index (κ1) is 16.9. The van der Waals surface area contributed by atoms with Crippen LogP contribution in [-0.2, 0) is 4.79 Å². The fourth-order valence-corrected chi connectivity index (χ4v) is 3.61. The summed E-state index contributed by atoms with van der Waals surface area (Å²) in [5.74, 6) is 2.12. The molecule has 0 aromatic heterocycles. The van der Waals surface area contributed by atoms with Gasteiger partial charge in [0.05, 0.1) is 12.5 Å². The number of nitrogens with zero attached hydrogens (tertiary/aromatic N) is 1. The molecule has 1 aliphatic heterocycles. The number of para-hydroxylation sites is 2. The standard InChI is InChI=1S/C20H27NO3/c1-13(2)10-15-18(20(15,3)4)19(22)21(5)11-14-12-23-16-8-6-7-9-17(16)24-14/h6-10,14-15,18H,11-12H2,1-5H3/t14-,15+,18-/m0/s1. The molecule has 1 heterocycles. The van der Waals surface area contributed by atoms with Crippen LogP contribution in [0.25, 0.3) is 0 Å². The largest absolute Gasteiger partial charge is 0.486 e. The van der Waals surface area contributed by atoms with Crippen LogP contribution < -0.4 is 9.47 Å². The van der Waals surface area contributed by atoms with Gasteiger partial charge in [0.15, 0.2) is 17.6 Å². The second kappa shape index (κ2) is 6.15. The van der Waals surface area contributed by atoms with E-state index in [1.165, 1.54) is 5.57 Å². The number of amides is 1. The van der Waals surface area contributed by atoms with Gasteiger partial charge in [0.2, 0.25) is 5.91 Å². The average Bonchev–Trinajstić information content (AvgIpc) is 3.06. The summed E-state index contributed by atoms with van der Waals surface area (Å²) < 4.78 is 11.7. The first-order valence-corrected chi connectivity index (χ1v) is 8.59. The fourth-order valence-electron chi connectivity index (χ4n) is 3.61. The number of carbonyl (C=O) groups excluding carboxylic acids is 1. The van der Waals surface area contributed by atoms with Crippen LogP contribution in [0.3, 0.4) is 0 Å². The van der Waals surface area contributed by atoms with E-state index in [-0.39, 0.29) is 23.3 Å². The number of carbonyl (C=O) groups is 1. The molecular weight excluding hydrogens is 302 g/mol. The van der Waals surface area contributed by atoms with Crippen LogP contribution in [0, 0.1) is 17.3 Å². The fraction of sp³-hybridized carbons (Fsp3) is 0.550. The maximum absolute atomic E-state index is 12.8. The Morgan fingerprint density at radius 3 is 2.62 bits per heavy atom. The molecule has 1 amide bonds. The second-order valence-corrected chi connectivity index (χ2v) is 7.79. The van der Waals surface area contributed by atoms with E-state index in [0.29, 0.717) is 19.1 Å². The van der Waals surface area contributed by atoms with E-state index >= 15 is 0 Å². The molecule has 0 spiro atoms. The van der Waals surface area contributed by atoms with Gasteiger partial charge in [-0.25, -0.2) is 0 Å². The maximum atomic E-state index is 12.8. The normalized spacial score (nSPS) is 26.5. The Morgan fingerprint density at radius 1 is 1.29 bits per heavy atom. The zero-order chi connectivity index (χ0) is 17.5. The smallest absolute Gasteiger partial charge is 0.226 e. The van der Waals surface area contributed by atoms with Gasteiger partial charge in [-0.15, -0.1) is 0 Å². The van der Waals surface area contributed by atoms with Crippen molar-refractivity contribution in [2.24, 2.45) is 17.3 Å². The van der Waals surface area contributed by atoms with Crippen molar-refractivity contribution < 1.29 is 14.3 Å². The second-order valence-electron chi connectivity index (χ2n) is 7.79. The molecule has 1 aromatic carbocycles. The highest BCUT2D eigenvalue weighted by Gasteiger charge is 2.61. The summed E-state index contributed by atoms with van der Waals surface area (Å²) in [5, 5.41) is 0. The lowest BCUT2D eigenvalue weighted by molar-refractivity contribution is -0.133. The predicted octanol–water partition coefficient (Wildman–Crippen LogP) is 3.52. The van der Waals surface area contributed by atoms with Gasteiger partial charge < -0.3 is 14.4 Å². The van der Waals surface area contributed by atoms with Gasteiger partial charge in [-0.1, -0.05) is 37.6 Å². The van der Waals surface area contributed by atoms with Crippen LogP contribution in [0.5, 0.6) is 11.5 Å². The molecule has 0 bridgehead atoms. The van der Waals surface area contributed by atoms with Crippen molar-refractivity contribution in [3.8, 4) is 11.5 Å². The lowest BCUT2D eigenvalue weighted by Crippen LogP contribution is -2.42. The van der Waals surface area contributed by atoms with Crippen molar-refractivity contribution >= 4 is 5.91 Å². The highest BCUT2D eigenvalue weighted by molar-refractivity contribution is 5.83. The van der Waals surface area contributed by atoms with Gasteiger partial charge in [-0.05, 0) is 37.3 Å². The van der Waals surface area contributed by atoms with Gasteiger partial charge in [0.1, 0.15) is 6.61 Å². The molecule has 1 aromatic rings. The van der Waals surface area contributed by atoms with Crippen LogP contribution in [0.15, 0.2) is 35.9 Å². The molecule has 1 aliphatic carbocycles. The van der Waals surface area contributed by atoms with Crippen molar-refractivity contribution in [3.63, 3.8) is 0 Å². The molecule has 4 heteroatoms. The van der Waals surface area contributed by atoms with Crippen LogP contribution >= 0.6 is 0 Å². The predicted molar refractivity (Wildman–Crippen MR) is 94.2 cm³/mol. The quantitative estimate of drug-likeness (QED) is 0.793. The van der Waals surface area contributed by atoms with Crippen molar-refractivity contribution in [2.45, 2.75) is 33.8 Å². The minimum absolute atomic E-state index is 0.0408. The third-order valence-corrected chi connectivity index (χ3v) is 5.11. The zero-order valence-electron chi connectivity index (χ0n) is 15.2. The SMILES string of the molecule is CC(C)=C[C@@H]1[C@@H](C(=O)N(C)C[C@H]2COc3ccccc3O2)C1(C)C. The van der Waals surface area contributed by atoms with Gasteiger partial charge >= 0.3 is 0 Å². The Bertz CT molecular complexity index is 661. The molecule has 3 rings (SSSR count). The molecule has 4 nitrogen and oxygen atoms in total. The minimum Gasteiger partial charge on any atom is -0.486 e. The number of hydrogen-bond donors (Lipinski definition) is 0. The van der Waals surface area contributed by atoms with Crippen LogP contribution in [0.1, 0.15) is 27.7 Å². The number of hydrogen-bond acceptors (Lipinski definition) is 3. The summed E-state index contributed by atoms with van der Waals surface area (Å²) in [6, 6.07) is 7.65. The van der Waals surface area contributed by atoms with Gasteiger partial charge in [0, 0.05) is 7.05 Å². The molecule has 0 N–H and O–H groups in total. The first-order chi connectivity index (χ1) is 11.3. The topological polar surface area (TPSA) is 38.8 Å². The Kier molecular flexibility index (Phi) is 4.33. The summed E-state index contributed by atoms with van der Waals surface area (Å²) in [6.07, 6.45) is 2.10. The molecule has 3 atom stereocenters. The van der Waals surface area contributed by atoms with Crippen LogP contribution in [0.2, 0.25) is 0 Å². The molecule has 24 heavy (non-hydrogen) atoms. The van der Waals surface area contributed by atoms with E-state index in [0.717, 1.165) is 11.5 Å². The summed E-state index contributed by atoms with van der Waals surface area (Å²) in [5.41, 5.74) is 1.31. The van der Waals surface area contributed by atoms with E-state index in [4.69, 9.17) is 9.47 Å².